The molecular formula is C21H31N4O3. The van der Waals surface area contributed by atoms with E-state index in [-0.39, 0.29) is 18.4 Å². The van der Waals surface area contributed by atoms with Crippen molar-refractivity contribution in [1.82, 2.24) is 9.80 Å². The fraction of sp³-hybridized carbons (Fsp3) is 0.524. The van der Waals surface area contributed by atoms with Crippen molar-refractivity contribution in [3.8, 4) is 0 Å². The molecule has 1 aliphatic carbocycles. The van der Waals surface area contributed by atoms with Crippen LogP contribution in [0.15, 0.2) is 24.3 Å². The summed E-state index contributed by atoms with van der Waals surface area (Å²) in [7, 11) is 3.39. The second-order valence-corrected chi connectivity index (χ2v) is 7.48. The summed E-state index contributed by atoms with van der Waals surface area (Å²) in [5.41, 5.74) is 6.71. The van der Waals surface area contributed by atoms with Crippen LogP contribution in [0.3, 0.4) is 0 Å². The van der Waals surface area contributed by atoms with E-state index in [2.05, 4.69) is 5.32 Å². The highest BCUT2D eigenvalue weighted by Gasteiger charge is 2.21. The molecule has 0 spiro atoms. The zero-order valence-electron chi connectivity index (χ0n) is 16.8. The molecule has 0 saturated heterocycles. The summed E-state index contributed by atoms with van der Waals surface area (Å²) in [4.78, 5) is 38.7. The predicted octanol–water partition coefficient (Wildman–Crippen LogP) is 2.88. The summed E-state index contributed by atoms with van der Waals surface area (Å²) in [6.45, 7) is 0.521. The summed E-state index contributed by atoms with van der Waals surface area (Å²) in [6, 6.07) is 6.36. The Balaban J connectivity index is 1.84. The van der Waals surface area contributed by atoms with Gasteiger partial charge in [0.15, 0.2) is 0 Å². The average molecular weight is 388 g/mol. The number of nitrogens with zero attached hydrogens (tertiary/aromatic N) is 2. The van der Waals surface area contributed by atoms with Crippen LogP contribution in [0.1, 0.15) is 48.9 Å². The van der Waals surface area contributed by atoms with Gasteiger partial charge in [-0.25, -0.2) is 4.79 Å². The van der Waals surface area contributed by atoms with Crippen molar-refractivity contribution in [3.05, 3.63) is 36.2 Å². The van der Waals surface area contributed by atoms with Crippen molar-refractivity contribution in [2.24, 2.45) is 11.7 Å². The molecule has 1 radical (unpaired) electrons. The van der Waals surface area contributed by atoms with Crippen LogP contribution in [-0.2, 0) is 4.79 Å². The number of urea groups is 1. The third kappa shape index (κ3) is 6.55. The standard InChI is InChI=1S/C21H31N4O3/c1-24(2)20(27)17-9-6-10-18(15-17)23-13-14-25(21(22)28)19(26)12-11-16-7-4-3-5-8-16/h6,9-10,12,15-16,23H,3-5,7-8,11,13-14H2,1-2H3,(H2,22,28). The van der Waals surface area contributed by atoms with E-state index < -0.39 is 6.03 Å². The minimum absolute atomic E-state index is 0.0881. The lowest BCUT2D eigenvalue weighted by molar-refractivity contribution is -0.124. The molecule has 153 valence electrons. The van der Waals surface area contributed by atoms with Crippen LogP contribution in [0.5, 0.6) is 0 Å². The van der Waals surface area contributed by atoms with Crippen LogP contribution in [0.2, 0.25) is 0 Å². The van der Waals surface area contributed by atoms with Crippen LogP contribution in [0.25, 0.3) is 0 Å². The first-order valence-electron chi connectivity index (χ1n) is 9.88. The van der Waals surface area contributed by atoms with Crippen molar-refractivity contribution in [2.75, 3.05) is 32.5 Å². The molecule has 3 N–H and O–H groups in total. The van der Waals surface area contributed by atoms with Gasteiger partial charge in [-0.15, -0.1) is 0 Å². The molecule has 7 nitrogen and oxygen atoms in total. The van der Waals surface area contributed by atoms with Gasteiger partial charge in [0.05, 0.1) is 6.42 Å². The number of nitrogens with one attached hydrogen (secondary N) is 1. The molecule has 7 heteroatoms. The van der Waals surface area contributed by atoms with E-state index in [0.717, 1.165) is 23.4 Å². The fourth-order valence-corrected chi connectivity index (χ4v) is 3.46. The largest absolute Gasteiger partial charge is 0.383 e. The van der Waals surface area contributed by atoms with Gasteiger partial charge < -0.3 is 16.0 Å². The third-order valence-corrected chi connectivity index (χ3v) is 5.06. The first-order valence-corrected chi connectivity index (χ1v) is 9.88. The van der Waals surface area contributed by atoms with Gasteiger partial charge in [-0.1, -0.05) is 38.2 Å². The van der Waals surface area contributed by atoms with E-state index >= 15 is 0 Å². The van der Waals surface area contributed by atoms with Gasteiger partial charge in [0.2, 0.25) is 5.91 Å². The van der Waals surface area contributed by atoms with Gasteiger partial charge in [-0.2, -0.15) is 0 Å². The van der Waals surface area contributed by atoms with Gasteiger partial charge in [-0.05, 0) is 30.5 Å². The number of carbonyl (C=O) groups is 3. The molecule has 0 aromatic heterocycles. The Bertz CT molecular complexity index is 684. The normalized spacial score (nSPS) is 14.4. The molecule has 28 heavy (non-hydrogen) atoms. The summed E-state index contributed by atoms with van der Waals surface area (Å²) >= 11 is 0. The molecule has 0 aliphatic heterocycles. The summed E-state index contributed by atoms with van der Waals surface area (Å²) in [6.07, 6.45) is 8.28. The summed E-state index contributed by atoms with van der Waals surface area (Å²) < 4.78 is 0. The Morgan fingerprint density at radius 2 is 1.89 bits per heavy atom. The number of primary amides is 1. The first kappa shape index (κ1) is 21.7. The molecular weight excluding hydrogens is 356 g/mol. The molecule has 4 amide bonds. The zero-order chi connectivity index (χ0) is 20.5. The first-order chi connectivity index (χ1) is 13.4. The van der Waals surface area contributed by atoms with Gasteiger partial charge in [-0.3, -0.25) is 14.5 Å². The topological polar surface area (TPSA) is 95.7 Å². The van der Waals surface area contributed by atoms with Crippen molar-refractivity contribution in [3.63, 3.8) is 0 Å². The summed E-state index contributed by atoms with van der Waals surface area (Å²) in [5, 5.41) is 3.14. The average Bonchev–Trinajstić information content (AvgIpc) is 2.69. The second-order valence-electron chi connectivity index (χ2n) is 7.48. The number of benzene rings is 1. The molecule has 0 bridgehead atoms. The Hall–Kier alpha value is -2.57. The number of hydrogen-bond donors (Lipinski definition) is 2. The van der Waals surface area contributed by atoms with Crippen LogP contribution >= 0.6 is 0 Å². The molecule has 1 aliphatic rings. The van der Waals surface area contributed by atoms with Gasteiger partial charge in [0, 0.05) is 38.4 Å². The quantitative estimate of drug-likeness (QED) is 0.717. The van der Waals surface area contributed by atoms with E-state index in [4.69, 9.17) is 5.73 Å². The molecule has 1 aromatic rings. The van der Waals surface area contributed by atoms with E-state index in [1.54, 1.807) is 38.7 Å². The molecule has 2 rings (SSSR count). The number of amides is 4. The lowest BCUT2D eigenvalue weighted by Gasteiger charge is -2.23. The SMILES string of the molecule is CN(C)C(=O)c1cccc(NCCN(C(N)=O)C(=O)[CH]CC2CCCCC2)c1. The van der Waals surface area contributed by atoms with Gasteiger partial charge in [0.1, 0.15) is 0 Å². The number of nitrogens with two attached hydrogens (primary N) is 1. The number of anilines is 1. The van der Waals surface area contributed by atoms with Crippen molar-refractivity contribution < 1.29 is 14.4 Å². The minimum Gasteiger partial charge on any atom is -0.383 e. The predicted molar refractivity (Wildman–Crippen MR) is 110 cm³/mol. The maximum atomic E-state index is 12.4. The van der Waals surface area contributed by atoms with Crippen LogP contribution < -0.4 is 11.1 Å². The van der Waals surface area contributed by atoms with Crippen LogP contribution in [0.4, 0.5) is 10.5 Å². The third-order valence-electron chi connectivity index (χ3n) is 5.06. The van der Waals surface area contributed by atoms with Gasteiger partial charge in [0.25, 0.3) is 5.91 Å². The highest BCUT2D eigenvalue weighted by molar-refractivity contribution is 5.98. The van der Waals surface area contributed by atoms with Crippen molar-refractivity contribution >= 4 is 23.5 Å². The maximum Gasteiger partial charge on any atom is 0.321 e. The van der Waals surface area contributed by atoms with Crippen LogP contribution in [-0.4, -0.2) is 54.8 Å². The molecule has 1 saturated carbocycles. The number of hydrogen-bond acceptors (Lipinski definition) is 4. The molecule has 1 aromatic carbocycles. The molecule has 0 unspecified atom stereocenters. The summed E-state index contributed by atoms with van der Waals surface area (Å²) in [5.74, 6) is 0.105. The lowest BCUT2D eigenvalue weighted by atomic mass is 9.86. The molecule has 0 atom stereocenters. The highest BCUT2D eigenvalue weighted by atomic mass is 16.2. The van der Waals surface area contributed by atoms with Crippen molar-refractivity contribution in [1.29, 1.82) is 0 Å². The van der Waals surface area contributed by atoms with E-state index in [9.17, 15) is 14.4 Å². The van der Waals surface area contributed by atoms with E-state index in [1.807, 2.05) is 6.07 Å². The Kier molecular flexibility index (Phi) is 8.29. The Labute approximate surface area is 167 Å². The lowest BCUT2D eigenvalue weighted by Crippen LogP contribution is -2.43. The van der Waals surface area contributed by atoms with E-state index in [0.29, 0.717) is 24.4 Å². The smallest absolute Gasteiger partial charge is 0.321 e. The van der Waals surface area contributed by atoms with E-state index in [1.165, 1.54) is 24.2 Å². The maximum absolute atomic E-state index is 12.4. The highest BCUT2D eigenvalue weighted by Crippen LogP contribution is 2.27. The number of carbonyl (C=O) groups excluding carboxylic acids is 3. The molecule has 0 heterocycles. The van der Waals surface area contributed by atoms with Gasteiger partial charge >= 0.3 is 6.03 Å². The Morgan fingerprint density at radius 1 is 1.18 bits per heavy atom. The second kappa shape index (κ2) is 10.7. The Morgan fingerprint density at radius 3 is 2.54 bits per heavy atom. The van der Waals surface area contributed by atoms with Crippen molar-refractivity contribution in [2.45, 2.75) is 38.5 Å². The zero-order valence-corrected chi connectivity index (χ0v) is 16.8. The fourth-order valence-electron chi connectivity index (χ4n) is 3.46. The monoisotopic (exact) mass is 387 g/mol. The van der Waals surface area contributed by atoms with Crippen LogP contribution in [0, 0.1) is 12.3 Å². The number of rotatable bonds is 8. The minimum atomic E-state index is -0.747. The number of imide groups is 1. The molecule has 1 fully saturated rings.